The molecule has 0 bridgehead atoms. The molecule has 0 unspecified atom stereocenters. The Labute approximate surface area is 167 Å². The van der Waals surface area contributed by atoms with Gasteiger partial charge in [0.2, 0.25) is 5.89 Å². The first kappa shape index (κ1) is 18.3. The predicted molar refractivity (Wildman–Crippen MR) is 112 cm³/mol. The van der Waals surface area contributed by atoms with Crippen molar-refractivity contribution < 1.29 is 8.83 Å². The van der Waals surface area contributed by atoms with Gasteiger partial charge in [-0.05, 0) is 56.3 Å². The van der Waals surface area contributed by atoms with Gasteiger partial charge in [-0.3, -0.25) is 0 Å². The summed E-state index contributed by atoms with van der Waals surface area (Å²) < 4.78 is 11.4. The van der Waals surface area contributed by atoms with E-state index in [4.69, 9.17) is 20.4 Å². The zero-order valence-corrected chi connectivity index (χ0v) is 16.4. The number of nitrogens with zero attached hydrogens (tertiary/aromatic N) is 2. The van der Waals surface area contributed by atoms with Crippen molar-refractivity contribution in [3.63, 3.8) is 0 Å². The van der Waals surface area contributed by atoms with Gasteiger partial charge >= 0.3 is 5.63 Å². The maximum absolute atomic E-state index is 12.5. The molecule has 2 aromatic carbocycles. The van der Waals surface area contributed by atoms with Crippen LogP contribution in [-0.2, 0) is 0 Å². The van der Waals surface area contributed by atoms with Crippen molar-refractivity contribution in [3.8, 4) is 22.8 Å². The average Bonchev–Trinajstić information content (AvgIpc) is 3.19. The van der Waals surface area contributed by atoms with E-state index in [1.54, 1.807) is 24.4 Å². The van der Waals surface area contributed by atoms with Gasteiger partial charge < -0.3 is 13.7 Å². The molecule has 28 heavy (non-hydrogen) atoms. The minimum atomic E-state index is -0.478. The summed E-state index contributed by atoms with van der Waals surface area (Å²) in [4.78, 5) is 19.0. The van der Waals surface area contributed by atoms with Crippen LogP contribution in [0, 0.1) is 0 Å². The molecule has 0 N–H and O–H groups in total. The molecule has 0 fully saturated rings. The SMILES string of the molecule is CCN(CC)c1ccc2cc(-c3ncc(-c4ccc(Cl)cc4)o3)c(=O)oc2c1. The molecule has 0 atom stereocenters. The maximum Gasteiger partial charge on any atom is 0.349 e. The van der Waals surface area contributed by atoms with Crippen LogP contribution in [0.25, 0.3) is 33.7 Å². The molecule has 0 saturated carbocycles. The summed E-state index contributed by atoms with van der Waals surface area (Å²) >= 11 is 5.92. The topological polar surface area (TPSA) is 59.5 Å². The Bertz CT molecular complexity index is 1170. The molecule has 2 heterocycles. The molecule has 0 aliphatic carbocycles. The van der Waals surface area contributed by atoms with Crippen LogP contribution in [0.15, 0.2) is 68.4 Å². The van der Waals surface area contributed by atoms with Crippen LogP contribution in [-0.4, -0.2) is 18.1 Å². The average molecular weight is 395 g/mol. The Hall–Kier alpha value is -3.05. The van der Waals surface area contributed by atoms with Gasteiger partial charge in [-0.1, -0.05) is 11.6 Å². The van der Waals surface area contributed by atoms with E-state index >= 15 is 0 Å². The molecular formula is C22H19ClN2O3. The van der Waals surface area contributed by atoms with Gasteiger partial charge in [-0.15, -0.1) is 0 Å². The van der Waals surface area contributed by atoms with E-state index in [2.05, 4.69) is 23.7 Å². The monoisotopic (exact) mass is 394 g/mol. The summed E-state index contributed by atoms with van der Waals surface area (Å²) in [5, 5.41) is 1.46. The van der Waals surface area contributed by atoms with Gasteiger partial charge in [0.05, 0.1) is 6.20 Å². The van der Waals surface area contributed by atoms with E-state index in [0.29, 0.717) is 21.9 Å². The van der Waals surface area contributed by atoms with E-state index in [0.717, 1.165) is 29.7 Å². The number of oxazole rings is 1. The van der Waals surface area contributed by atoms with Crippen molar-refractivity contribution in [2.24, 2.45) is 0 Å². The summed E-state index contributed by atoms with van der Waals surface area (Å²) in [6.45, 7) is 5.95. The zero-order valence-electron chi connectivity index (χ0n) is 15.6. The first-order valence-corrected chi connectivity index (χ1v) is 9.52. The highest BCUT2D eigenvalue weighted by Crippen LogP contribution is 2.28. The third kappa shape index (κ3) is 3.41. The molecule has 0 saturated heterocycles. The van der Waals surface area contributed by atoms with Crippen molar-refractivity contribution in [2.45, 2.75) is 13.8 Å². The number of fused-ring (bicyclic) bond motifs is 1. The first-order chi connectivity index (χ1) is 13.6. The van der Waals surface area contributed by atoms with E-state index in [1.807, 2.05) is 30.3 Å². The zero-order chi connectivity index (χ0) is 19.7. The van der Waals surface area contributed by atoms with Crippen molar-refractivity contribution in [3.05, 3.63) is 70.2 Å². The molecule has 0 radical (unpaired) electrons. The molecule has 2 aromatic heterocycles. The molecule has 4 rings (SSSR count). The molecule has 0 amide bonds. The second-order valence-corrected chi connectivity index (χ2v) is 6.81. The lowest BCUT2D eigenvalue weighted by Crippen LogP contribution is -2.21. The Balaban J connectivity index is 1.73. The molecule has 0 aliphatic rings. The lowest BCUT2D eigenvalue weighted by Gasteiger charge is -2.20. The Morgan fingerprint density at radius 3 is 2.46 bits per heavy atom. The number of halogens is 1. The van der Waals surface area contributed by atoms with Gasteiger partial charge in [0.25, 0.3) is 0 Å². The number of anilines is 1. The molecule has 5 nitrogen and oxygen atoms in total. The van der Waals surface area contributed by atoms with Gasteiger partial charge in [-0.25, -0.2) is 9.78 Å². The van der Waals surface area contributed by atoms with Gasteiger partial charge in [0.15, 0.2) is 5.76 Å². The van der Waals surface area contributed by atoms with Crippen molar-refractivity contribution in [1.29, 1.82) is 0 Å². The molecular weight excluding hydrogens is 376 g/mol. The Morgan fingerprint density at radius 2 is 1.75 bits per heavy atom. The summed E-state index contributed by atoms with van der Waals surface area (Å²) in [6.07, 6.45) is 1.59. The standard InChI is InChI=1S/C22H19ClN2O3/c1-3-25(4-2)17-10-7-15-11-18(22(26)28-19(15)12-17)21-24-13-20(27-21)14-5-8-16(23)9-6-14/h5-13H,3-4H2,1-2H3. The fourth-order valence-corrected chi connectivity index (χ4v) is 3.31. The quantitative estimate of drug-likeness (QED) is 0.411. The van der Waals surface area contributed by atoms with Crippen LogP contribution < -0.4 is 10.5 Å². The van der Waals surface area contributed by atoms with E-state index in [9.17, 15) is 4.79 Å². The van der Waals surface area contributed by atoms with Crippen molar-refractivity contribution >= 4 is 28.3 Å². The molecule has 6 heteroatoms. The fourth-order valence-electron chi connectivity index (χ4n) is 3.18. The number of hydrogen-bond donors (Lipinski definition) is 0. The smallest absolute Gasteiger partial charge is 0.349 e. The van der Waals surface area contributed by atoms with Crippen LogP contribution >= 0.6 is 11.6 Å². The lowest BCUT2D eigenvalue weighted by molar-refractivity contribution is 0.548. The predicted octanol–water partition coefficient (Wildman–Crippen LogP) is 5.61. The normalized spacial score (nSPS) is 11.1. The van der Waals surface area contributed by atoms with E-state index in [-0.39, 0.29) is 5.89 Å². The van der Waals surface area contributed by atoms with Crippen LogP contribution in [0.4, 0.5) is 5.69 Å². The van der Waals surface area contributed by atoms with Crippen LogP contribution in [0.5, 0.6) is 0 Å². The van der Waals surface area contributed by atoms with Gasteiger partial charge in [0, 0.05) is 40.8 Å². The third-order valence-corrected chi connectivity index (χ3v) is 4.96. The second-order valence-electron chi connectivity index (χ2n) is 6.38. The highest BCUT2D eigenvalue weighted by molar-refractivity contribution is 6.30. The fraction of sp³-hybridized carbons (Fsp3) is 0.182. The third-order valence-electron chi connectivity index (χ3n) is 4.71. The lowest BCUT2D eigenvalue weighted by atomic mass is 10.1. The Kier molecular flexibility index (Phi) is 4.92. The summed E-state index contributed by atoms with van der Waals surface area (Å²) in [5.74, 6) is 0.788. The van der Waals surface area contributed by atoms with Crippen molar-refractivity contribution in [2.75, 3.05) is 18.0 Å². The summed E-state index contributed by atoms with van der Waals surface area (Å²) in [5.41, 5.74) is 2.21. The minimum absolute atomic E-state index is 0.230. The number of aromatic nitrogens is 1. The summed E-state index contributed by atoms with van der Waals surface area (Å²) in [7, 11) is 0. The van der Waals surface area contributed by atoms with E-state index < -0.39 is 5.63 Å². The van der Waals surface area contributed by atoms with Crippen LogP contribution in [0.2, 0.25) is 5.02 Å². The van der Waals surface area contributed by atoms with Crippen LogP contribution in [0.3, 0.4) is 0 Å². The number of hydrogen-bond acceptors (Lipinski definition) is 5. The highest BCUT2D eigenvalue weighted by atomic mass is 35.5. The highest BCUT2D eigenvalue weighted by Gasteiger charge is 2.15. The molecule has 4 aromatic rings. The Morgan fingerprint density at radius 1 is 1.00 bits per heavy atom. The number of benzene rings is 2. The van der Waals surface area contributed by atoms with Crippen LogP contribution in [0.1, 0.15) is 13.8 Å². The molecule has 0 aliphatic heterocycles. The van der Waals surface area contributed by atoms with E-state index in [1.165, 1.54) is 0 Å². The minimum Gasteiger partial charge on any atom is -0.436 e. The maximum atomic E-state index is 12.5. The van der Waals surface area contributed by atoms with Gasteiger partial charge in [-0.2, -0.15) is 0 Å². The largest absolute Gasteiger partial charge is 0.436 e. The number of rotatable bonds is 5. The molecule has 0 spiro atoms. The van der Waals surface area contributed by atoms with Gasteiger partial charge in [0.1, 0.15) is 11.1 Å². The van der Waals surface area contributed by atoms with Crippen molar-refractivity contribution in [1.82, 2.24) is 4.98 Å². The second kappa shape index (κ2) is 7.52. The first-order valence-electron chi connectivity index (χ1n) is 9.14. The summed E-state index contributed by atoms with van der Waals surface area (Å²) in [6, 6.07) is 14.8. The molecule has 142 valence electrons.